The predicted octanol–water partition coefficient (Wildman–Crippen LogP) is 1.34. The molecule has 2 aliphatic heterocycles. The van der Waals surface area contributed by atoms with Crippen molar-refractivity contribution in [1.82, 2.24) is 13.9 Å². The lowest BCUT2D eigenvalue weighted by atomic mass is 9.85. The van der Waals surface area contributed by atoms with Gasteiger partial charge in [0.25, 0.3) is 0 Å². The highest BCUT2D eigenvalue weighted by molar-refractivity contribution is 7.89. The highest BCUT2D eigenvalue weighted by Gasteiger charge is 2.37. The van der Waals surface area contributed by atoms with Gasteiger partial charge in [0, 0.05) is 38.3 Å². The van der Waals surface area contributed by atoms with E-state index >= 15 is 0 Å². The molecule has 2 atom stereocenters. The van der Waals surface area contributed by atoms with Crippen LogP contribution in [0.2, 0.25) is 0 Å². The van der Waals surface area contributed by atoms with E-state index in [2.05, 4.69) is 27.8 Å². The molecule has 1 aromatic carbocycles. The van der Waals surface area contributed by atoms with Gasteiger partial charge in [0.15, 0.2) is 0 Å². The van der Waals surface area contributed by atoms with Crippen LogP contribution < -0.4 is 4.72 Å². The predicted molar refractivity (Wildman–Crippen MR) is 111 cm³/mol. The molecule has 1 fully saturated rings. The van der Waals surface area contributed by atoms with Gasteiger partial charge in [0.2, 0.25) is 20.0 Å². The third-order valence-electron chi connectivity index (χ3n) is 5.73. The normalized spacial score (nSPS) is 23.4. The molecule has 9 heteroatoms. The van der Waals surface area contributed by atoms with Crippen LogP contribution in [0.25, 0.3) is 0 Å². The lowest BCUT2D eigenvalue weighted by molar-refractivity contribution is 0.0913. The first kappa shape index (κ1) is 21.7. The summed E-state index contributed by atoms with van der Waals surface area (Å²) in [5.41, 5.74) is 2.65. The average molecular weight is 430 g/mol. The molecule has 0 aromatic heterocycles. The van der Waals surface area contributed by atoms with Crippen LogP contribution in [0, 0.1) is 0 Å². The van der Waals surface area contributed by atoms with E-state index in [0.717, 1.165) is 32.4 Å². The highest BCUT2D eigenvalue weighted by Crippen LogP contribution is 2.38. The second-order valence-corrected chi connectivity index (χ2v) is 11.6. The maximum atomic E-state index is 12.5. The van der Waals surface area contributed by atoms with Gasteiger partial charge in [0.05, 0.1) is 12.0 Å². The first-order chi connectivity index (χ1) is 13.2. The Bertz CT molecular complexity index is 886. The fraction of sp³-hybridized carbons (Fsp3) is 0.684. The lowest BCUT2D eigenvalue weighted by Crippen LogP contribution is -2.51. The van der Waals surface area contributed by atoms with Crippen molar-refractivity contribution in [2.45, 2.75) is 44.7 Å². The Hall–Kier alpha value is -1.00. The third kappa shape index (κ3) is 5.13. The number of benzene rings is 1. The zero-order chi connectivity index (χ0) is 20.4. The maximum Gasteiger partial charge on any atom is 0.211 e. The Balaban J connectivity index is 1.72. The number of nitrogens with zero attached hydrogens (tertiary/aromatic N) is 2. The minimum atomic E-state index is -3.43. The van der Waals surface area contributed by atoms with Gasteiger partial charge in [0.1, 0.15) is 0 Å². The molecule has 0 bridgehead atoms. The van der Waals surface area contributed by atoms with Crippen LogP contribution in [0.3, 0.4) is 0 Å². The molecule has 0 amide bonds. The summed E-state index contributed by atoms with van der Waals surface area (Å²) in [6, 6.07) is 8.52. The van der Waals surface area contributed by atoms with Gasteiger partial charge < -0.3 is 0 Å². The van der Waals surface area contributed by atoms with Crippen molar-refractivity contribution in [2.24, 2.45) is 0 Å². The number of fused-ring (bicyclic) bond motifs is 3. The van der Waals surface area contributed by atoms with Crippen LogP contribution in [0.15, 0.2) is 24.3 Å². The molecule has 0 aliphatic carbocycles. The quantitative estimate of drug-likeness (QED) is 0.674. The number of sulfonamides is 2. The molecule has 1 aromatic rings. The van der Waals surface area contributed by atoms with Crippen molar-refractivity contribution in [2.75, 3.05) is 38.2 Å². The van der Waals surface area contributed by atoms with Crippen LogP contribution in [0.5, 0.6) is 0 Å². The Kier molecular flexibility index (Phi) is 6.81. The number of nitrogens with one attached hydrogen (secondary N) is 1. The summed E-state index contributed by atoms with van der Waals surface area (Å²) in [5, 5.41) is 0. The zero-order valence-electron chi connectivity index (χ0n) is 16.7. The molecule has 1 saturated heterocycles. The summed E-state index contributed by atoms with van der Waals surface area (Å²) < 4.78 is 52.7. The maximum absolute atomic E-state index is 12.5. The third-order valence-corrected chi connectivity index (χ3v) is 8.65. The van der Waals surface area contributed by atoms with Crippen molar-refractivity contribution in [3.8, 4) is 0 Å². The standard InChI is InChI=1S/C19H31N3O4S2/c1-3-14-28(25,26)20-10-13-22(27(2,23)24)17-9-12-21-11-8-16-6-4-5-7-18(16)19(21)15-17/h4-7,17,19-20H,3,8-15H2,1-2H3. The van der Waals surface area contributed by atoms with Gasteiger partial charge in [-0.15, -0.1) is 0 Å². The Morgan fingerprint density at radius 1 is 1.18 bits per heavy atom. The Labute approximate surface area is 169 Å². The van der Waals surface area contributed by atoms with Crippen molar-refractivity contribution in [3.63, 3.8) is 0 Å². The average Bonchev–Trinajstić information content (AvgIpc) is 2.63. The van der Waals surface area contributed by atoms with E-state index in [1.165, 1.54) is 21.7 Å². The van der Waals surface area contributed by atoms with Crippen molar-refractivity contribution in [1.29, 1.82) is 0 Å². The van der Waals surface area contributed by atoms with Gasteiger partial charge in [-0.1, -0.05) is 31.2 Å². The van der Waals surface area contributed by atoms with Crippen LogP contribution in [0.1, 0.15) is 43.4 Å². The summed E-state index contributed by atoms with van der Waals surface area (Å²) in [4.78, 5) is 2.45. The van der Waals surface area contributed by atoms with E-state index in [-0.39, 0.29) is 30.9 Å². The summed E-state index contributed by atoms with van der Waals surface area (Å²) in [6.45, 7) is 3.94. The van der Waals surface area contributed by atoms with E-state index in [0.29, 0.717) is 6.42 Å². The SMILES string of the molecule is CCCS(=O)(=O)NCCN(C1CCN2CCc3ccccc3C2C1)S(C)(=O)=O. The van der Waals surface area contributed by atoms with E-state index in [9.17, 15) is 16.8 Å². The second kappa shape index (κ2) is 8.79. The van der Waals surface area contributed by atoms with E-state index in [1.54, 1.807) is 6.92 Å². The van der Waals surface area contributed by atoms with Crippen LogP contribution >= 0.6 is 0 Å². The zero-order valence-corrected chi connectivity index (χ0v) is 18.3. The molecule has 2 heterocycles. The molecule has 7 nitrogen and oxygen atoms in total. The summed E-state index contributed by atoms with van der Waals surface area (Å²) in [7, 11) is -6.77. The lowest BCUT2D eigenvalue weighted by Gasteiger charge is -2.45. The van der Waals surface area contributed by atoms with Crippen LogP contribution in [0.4, 0.5) is 0 Å². The fourth-order valence-corrected chi connectivity index (χ4v) is 6.71. The second-order valence-electron chi connectivity index (χ2n) is 7.77. The van der Waals surface area contributed by atoms with Crippen LogP contribution in [-0.2, 0) is 26.5 Å². The molecule has 2 aliphatic rings. The molecule has 3 rings (SSSR count). The summed E-state index contributed by atoms with van der Waals surface area (Å²) >= 11 is 0. The van der Waals surface area contributed by atoms with Crippen molar-refractivity contribution < 1.29 is 16.8 Å². The first-order valence-electron chi connectivity index (χ1n) is 9.97. The fourth-order valence-electron chi connectivity index (χ4n) is 4.47. The molecule has 0 radical (unpaired) electrons. The van der Waals surface area contributed by atoms with Gasteiger partial charge in [-0.25, -0.2) is 21.6 Å². The number of hydrogen-bond donors (Lipinski definition) is 1. The molecule has 158 valence electrons. The monoisotopic (exact) mass is 429 g/mol. The molecule has 1 N–H and O–H groups in total. The minimum absolute atomic E-state index is 0.0587. The van der Waals surface area contributed by atoms with Gasteiger partial charge >= 0.3 is 0 Å². The van der Waals surface area contributed by atoms with Gasteiger partial charge in [-0.3, -0.25) is 4.90 Å². The highest BCUT2D eigenvalue weighted by atomic mass is 32.2. The first-order valence-corrected chi connectivity index (χ1v) is 13.5. The van der Waals surface area contributed by atoms with Gasteiger partial charge in [-0.05, 0) is 36.8 Å². The van der Waals surface area contributed by atoms with E-state index in [1.807, 2.05) is 6.07 Å². The molecule has 0 spiro atoms. The molecule has 28 heavy (non-hydrogen) atoms. The van der Waals surface area contributed by atoms with E-state index < -0.39 is 20.0 Å². The number of rotatable bonds is 8. The largest absolute Gasteiger partial charge is 0.296 e. The van der Waals surface area contributed by atoms with Crippen molar-refractivity contribution >= 4 is 20.0 Å². The number of hydrogen-bond acceptors (Lipinski definition) is 5. The molecule has 2 unspecified atom stereocenters. The Morgan fingerprint density at radius 3 is 2.64 bits per heavy atom. The molecule has 0 saturated carbocycles. The van der Waals surface area contributed by atoms with Gasteiger partial charge in [-0.2, -0.15) is 4.31 Å². The smallest absolute Gasteiger partial charge is 0.211 e. The molecular weight excluding hydrogens is 398 g/mol. The minimum Gasteiger partial charge on any atom is -0.296 e. The van der Waals surface area contributed by atoms with Crippen molar-refractivity contribution in [3.05, 3.63) is 35.4 Å². The summed E-state index contributed by atoms with van der Waals surface area (Å²) in [5.74, 6) is 0.0587. The molecular formula is C19H31N3O4S2. The Morgan fingerprint density at radius 2 is 1.93 bits per heavy atom. The van der Waals surface area contributed by atoms with E-state index in [4.69, 9.17) is 0 Å². The number of piperidine rings is 1. The van der Waals surface area contributed by atoms with Crippen LogP contribution in [-0.4, -0.2) is 70.3 Å². The summed E-state index contributed by atoms with van der Waals surface area (Å²) in [6.07, 6.45) is 4.30. The topological polar surface area (TPSA) is 86.8 Å².